The first kappa shape index (κ1) is 19.4. The average molecular weight is 372 g/mol. The molecule has 0 saturated heterocycles. The second-order valence-electron chi connectivity index (χ2n) is 6.99. The molecule has 4 heteroatoms. The van der Waals surface area contributed by atoms with Crippen LogP contribution in [-0.4, -0.2) is 17.9 Å². The van der Waals surface area contributed by atoms with Crippen LogP contribution in [0.2, 0.25) is 0 Å². The van der Waals surface area contributed by atoms with E-state index >= 15 is 0 Å². The maximum absolute atomic E-state index is 12.6. The van der Waals surface area contributed by atoms with Crippen molar-refractivity contribution in [1.82, 2.24) is 5.32 Å². The molecule has 0 saturated carbocycles. The molecule has 3 N–H and O–H groups in total. The Balaban J connectivity index is 1.71. The maximum atomic E-state index is 12.6. The van der Waals surface area contributed by atoms with E-state index in [0.717, 1.165) is 22.3 Å². The highest BCUT2D eigenvalue weighted by Crippen LogP contribution is 2.19. The summed E-state index contributed by atoms with van der Waals surface area (Å²) in [5.41, 5.74) is 11.4. The van der Waals surface area contributed by atoms with Crippen molar-refractivity contribution in [2.24, 2.45) is 5.73 Å². The molecule has 3 rings (SSSR count). The second kappa shape index (κ2) is 8.53. The van der Waals surface area contributed by atoms with Crippen LogP contribution in [0.3, 0.4) is 0 Å². The van der Waals surface area contributed by atoms with Gasteiger partial charge in [-0.1, -0.05) is 60.7 Å². The van der Waals surface area contributed by atoms with Crippen molar-refractivity contribution in [3.05, 3.63) is 95.1 Å². The Hall–Kier alpha value is -3.40. The van der Waals surface area contributed by atoms with E-state index in [4.69, 9.17) is 5.73 Å². The van der Waals surface area contributed by atoms with E-state index in [2.05, 4.69) is 5.32 Å². The number of aryl methyl sites for hydroxylation is 2. The Morgan fingerprint density at radius 1 is 0.857 bits per heavy atom. The summed E-state index contributed by atoms with van der Waals surface area (Å²) in [5.74, 6) is -0.861. The van der Waals surface area contributed by atoms with Crippen molar-refractivity contribution in [2.45, 2.75) is 26.3 Å². The minimum Gasteiger partial charge on any atom is -0.368 e. The standard InChI is InChI=1S/C24H24N2O2/c1-16-8-9-18(14-17(16)2)15-22(23(25)27)26-24(28)21-12-10-20(11-13-21)19-6-4-3-5-7-19/h3-14,22H,15H2,1-2H3,(H2,25,27)(H,26,28)/t22-/m0/s1. The molecule has 4 nitrogen and oxygen atoms in total. The first-order valence-corrected chi connectivity index (χ1v) is 9.26. The smallest absolute Gasteiger partial charge is 0.251 e. The van der Waals surface area contributed by atoms with Crippen molar-refractivity contribution in [1.29, 1.82) is 0 Å². The van der Waals surface area contributed by atoms with Crippen LogP contribution in [0.15, 0.2) is 72.8 Å². The van der Waals surface area contributed by atoms with Gasteiger partial charge in [0.15, 0.2) is 0 Å². The van der Waals surface area contributed by atoms with Crippen LogP contribution in [0.25, 0.3) is 11.1 Å². The van der Waals surface area contributed by atoms with Gasteiger partial charge < -0.3 is 11.1 Å². The molecule has 1 atom stereocenters. The van der Waals surface area contributed by atoms with Gasteiger partial charge in [-0.15, -0.1) is 0 Å². The van der Waals surface area contributed by atoms with Gasteiger partial charge in [0, 0.05) is 12.0 Å². The largest absolute Gasteiger partial charge is 0.368 e. The maximum Gasteiger partial charge on any atom is 0.251 e. The normalized spacial score (nSPS) is 11.6. The van der Waals surface area contributed by atoms with Crippen LogP contribution in [0, 0.1) is 13.8 Å². The molecule has 0 bridgehead atoms. The zero-order chi connectivity index (χ0) is 20.1. The van der Waals surface area contributed by atoms with E-state index in [1.54, 1.807) is 12.1 Å². The molecule has 0 unspecified atom stereocenters. The molecule has 0 radical (unpaired) electrons. The SMILES string of the molecule is Cc1ccc(C[C@H](NC(=O)c2ccc(-c3ccccc3)cc2)C(N)=O)cc1C. The van der Waals surface area contributed by atoms with Crippen LogP contribution in [-0.2, 0) is 11.2 Å². The van der Waals surface area contributed by atoms with Crippen LogP contribution in [0.4, 0.5) is 0 Å². The molecule has 0 aliphatic carbocycles. The minimum absolute atomic E-state index is 0.313. The second-order valence-corrected chi connectivity index (χ2v) is 6.99. The van der Waals surface area contributed by atoms with Gasteiger partial charge in [0.1, 0.15) is 6.04 Å². The third-order valence-corrected chi connectivity index (χ3v) is 4.91. The molecule has 3 aromatic carbocycles. The summed E-state index contributed by atoms with van der Waals surface area (Å²) < 4.78 is 0. The summed E-state index contributed by atoms with van der Waals surface area (Å²) in [4.78, 5) is 24.5. The molecular formula is C24H24N2O2. The monoisotopic (exact) mass is 372 g/mol. The molecule has 2 amide bonds. The molecule has 0 aliphatic rings. The number of benzene rings is 3. The number of amides is 2. The van der Waals surface area contributed by atoms with Gasteiger partial charge in [0.2, 0.25) is 5.91 Å². The zero-order valence-corrected chi connectivity index (χ0v) is 16.1. The van der Waals surface area contributed by atoms with Crippen LogP contribution < -0.4 is 11.1 Å². The highest BCUT2D eigenvalue weighted by Gasteiger charge is 2.19. The lowest BCUT2D eigenvalue weighted by molar-refractivity contribution is -0.119. The molecular weight excluding hydrogens is 348 g/mol. The van der Waals surface area contributed by atoms with Crippen molar-refractivity contribution in [2.75, 3.05) is 0 Å². The number of hydrogen-bond donors (Lipinski definition) is 2. The molecule has 0 aliphatic heterocycles. The fraction of sp³-hybridized carbons (Fsp3) is 0.167. The quantitative estimate of drug-likeness (QED) is 0.691. The Morgan fingerprint density at radius 2 is 1.50 bits per heavy atom. The van der Waals surface area contributed by atoms with Gasteiger partial charge in [-0.05, 0) is 53.8 Å². The predicted octanol–water partition coefficient (Wildman–Crippen LogP) is 3.80. The van der Waals surface area contributed by atoms with Gasteiger partial charge in [-0.25, -0.2) is 0 Å². The van der Waals surface area contributed by atoms with Gasteiger partial charge in [0.25, 0.3) is 5.91 Å². The van der Waals surface area contributed by atoms with Gasteiger partial charge in [-0.3, -0.25) is 9.59 Å². The lowest BCUT2D eigenvalue weighted by Crippen LogP contribution is -2.45. The lowest BCUT2D eigenvalue weighted by atomic mass is 10.00. The highest BCUT2D eigenvalue weighted by atomic mass is 16.2. The number of hydrogen-bond acceptors (Lipinski definition) is 2. The average Bonchev–Trinajstić information content (AvgIpc) is 2.71. The van der Waals surface area contributed by atoms with Gasteiger partial charge in [-0.2, -0.15) is 0 Å². The van der Waals surface area contributed by atoms with E-state index in [1.165, 1.54) is 5.56 Å². The summed E-state index contributed by atoms with van der Waals surface area (Å²) in [7, 11) is 0. The predicted molar refractivity (Wildman–Crippen MR) is 112 cm³/mol. The molecule has 28 heavy (non-hydrogen) atoms. The van der Waals surface area contributed by atoms with E-state index in [-0.39, 0.29) is 5.91 Å². The van der Waals surface area contributed by atoms with E-state index in [0.29, 0.717) is 12.0 Å². The Labute approximate surface area is 165 Å². The summed E-state index contributed by atoms with van der Waals surface area (Å²) in [6.07, 6.45) is 0.365. The number of rotatable bonds is 6. The number of nitrogens with one attached hydrogen (secondary N) is 1. The van der Waals surface area contributed by atoms with E-state index in [9.17, 15) is 9.59 Å². The summed E-state index contributed by atoms with van der Waals surface area (Å²) in [6, 6.07) is 22.5. The van der Waals surface area contributed by atoms with Crippen molar-refractivity contribution in [3.63, 3.8) is 0 Å². The number of nitrogens with two attached hydrogens (primary N) is 1. The first-order chi connectivity index (χ1) is 13.4. The van der Waals surface area contributed by atoms with Gasteiger partial charge in [0.05, 0.1) is 0 Å². The number of carbonyl (C=O) groups excluding carboxylic acids is 2. The summed E-state index contributed by atoms with van der Waals surface area (Å²) in [6.45, 7) is 4.05. The Kier molecular flexibility index (Phi) is 5.90. The van der Waals surface area contributed by atoms with Crippen LogP contribution >= 0.6 is 0 Å². The highest BCUT2D eigenvalue weighted by molar-refractivity contribution is 5.97. The van der Waals surface area contributed by atoms with Gasteiger partial charge >= 0.3 is 0 Å². The summed E-state index contributed by atoms with van der Waals surface area (Å²) in [5, 5.41) is 2.76. The third-order valence-electron chi connectivity index (χ3n) is 4.91. The fourth-order valence-electron chi connectivity index (χ4n) is 3.08. The third kappa shape index (κ3) is 4.65. The lowest BCUT2D eigenvalue weighted by Gasteiger charge is -2.16. The van der Waals surface area contributed by atoms with Crippen LogP contribution in [0.1, 0.15) is 27.0 Å². The minimum atomic E-state index is -0.761. The molecule has 0 spiro atoms. The van der Waals surface area contributed by atoms with Crippen LogP contribution in [0.5, 0.6) is 0 Å². The molecule has 0 fully saturated rings. The number of carbonyl (C=O) groups is 2. The Morgan fingerprint density at radius 3 is 2.11 bits per heavy atom. The fourth-order valence-corrected chi connectivity index (χ4v) is 3.08. The van der Waals surface area contributed by atoms with Crippen molar-refractivity contribution in [3.8, 4) is 11.1 Å². The Bertz CT molecular complexity index is 979. The molecule has 0 aromatic heterocycles. The molecule has 0 heterocycles. The van der Waals surface area contributed by atoms with E-state index < -0.39 is 11.9 Å². The van der Waals surface area contributed by atoms with Crippen molar-refractivity contribution < 1.29 is 9.59 Å². The molecule has 142 valence electrons. The van der Waals surface area contributed by atoms with Crippen molar-refractivity contribution >= 4 is 11.8 Å². The topological polar surface area (TPSA) is 72.2 Å². The van der Waals surface area contributed by atoms with E-state index in [1.807, 2.05) is 74.5 Å². The summed E-state index contributed by atoms with van der Waals surface area (Å²) >= 11 is 0. The molecule has 3 aromatic rings. The zero-order valence-electron chi connectivity index (χ0n) is 16.1. The number of primary amides is 1. The first-order valence-electron chi connectivity index (χ1n) is 9.26.